The monoisotopic (exact) mass is 284 g/mol. The molecule has 0 amide bonds. The number of hydrogen-bond acceptors (Lipinski definition) is 2. The summed E-state index contributed by atoms with van der Waals surface area (Å²) >= 11 is 5.91. The molecule has 1 heterocycles. The zero-order chi connectivity index (χ0) is 13.7. The van der Waals surface area contributed by atoms with E-state index in [1.807, 2.05) is 7.05 Å². The van der Waals surface area contributed by atoms with E-state index in [1.165, 1.54) is 25.3 Å². The smallest absolute Gasteiger partial charge is 0.127 e. The molecule has 0 aliphatic carbocycles. The van der Waals surface area contributed by atoms with E-state index in [4.69, 9.17) is 11.6 Å². The number of hydrogen-bond donors (Lipinski definition) is 1. The van der Waals surface area contributed by atoms with Gasteiger partial charge in [-0.2, -0.15) is 0 Å². The van der Waals surface area contributed by atoms with Crippen molar-refractivity contribution in [1.82, 2.24) is 10.2 Å². The lowest BCUT2D eigenvalue weighted by Crippen LogP contribution is -2.30. The molecule has 1 aromatic rings. The number of nitrogens with zero attached hydrogens (tertiary/aromatic N) is 1. The zero-order valence-electron chi connectivity index (χ0n) is 11.5. The molecule has 0 atom stereocenters. The fourth-order valence-electron chi connectivity index (χ4n) is 2.61. The van der Waals surface area contributed by atoms with E-state index < -0.39 is 0 Å². The third-order valence-electron chi connectivity index (χ3n) is 3.83. The maximum absolute atomic E-state index is 13.6. The van der Waals surface area contributed by atoms with Crippen LogP contribution in [-0.4, -0.2) is 31.6 Å². The minimum Gasteiger partial charge on any atom is -0.317 e. The number of halogens is 2. The molecule has 1 aliphatic heterocycles. The Morgan fingerprint density at radius 1 is 1.37 bits per heavy atom. The topological polar surface area (TPSA) is 15.3 Å². The van der Waals surface area contributed by atoms with Crippen molar-refractivity contribution in [3.05, 3.63) is 34.6 Å². The Kier molecular flexibility index (Phi) is 5.61. The minimum atomic E-state index is -0.168. The van der Waals surface area contributed by atoms with Gasteiger partial charge in [0.15, 0.2) is 0 Å². The van der Waals surface area contributed by atoms with Gasteiger partial charge in [-0.1, -0.05) is 11.6 Å². The summed E-state index contributed by atoms with van der Waals surface area (Å²) in [6, 6.07) is 4.76. The van der Waals surface area contributed by atoms with Gasteiger partial charge < -0.3 is 10.2 Å². The Morgan fingerprint density at radius 3 is 2.84 bits per heavy atom. The van der Waals surface area contributed by atoms with Crippen LogP contribution in [0.25, 0.3) is 0 Å². The van der Waals surface area contributed by atoms with Crippen LogP contribution >= 0.6 is 11.6 Å². The Balaban J connectivity index is 1.80. The van der Waals surface area contributed by atoms with Crippen molar-refractivity contribution in [2.24, 2.45) is 5.92 Å². The third-order valence-corrected chi connectivity index (χ3v) is 4.06. The predicted molar refractivity (Wildman–Crippen MR) is 78.0 cm³/mol. The second-order valence-electron chi connectivity index (χ2n) is 5.46. The zero-order valence-corrected chi connectivity index (χ0v) is 12.2. The Hall–Kier alpha value is -0.640. The molecule has 19 heavy (non-hydrogen) atoms. The summed E-state index contributed by atoms with van der Waals surface area (Å²) in [5.74, 6) is 0.644. The third kappa shape index (κ3) is 4.75. The molecule has 1 aromatic carbocycles. The van der Waals surface area contributed by atoms with Crippen molar-refractivity contribution in [2.75, 3.05) is 26.7 Å². The van der Waals surface area contributed by atoms with Crippen LogP contribution in [0.3, 0.4) is 0 Å². The molecule has 0 spiro atoms. The first-order valence-electron chi connectivity index (χ1n) is 6.98. The molecule has 2 rings (SSSR count). The first kappa shape index (κ1) is 14.8. The van der Waals surface area contributed by atoms with Gasteiger partial charge in [-0.3, -0.25) is 0 Å². The fourth-order valence-corrected chi connectivity index (χ4v) is 2.80. The van der Waals surface area contributed by atoms with Crippen LogP contribution < -0.4 is 5.32 Å². The summed E-state index contributed by atoms with van der Waals surface area (Å²) in [5, 5.41) is 3.98. The molecule has 0 unspecified atom stereocenters. The molecule has 4 heteroatoms. The van der Waals surface area contributed by atoms with Gasteiger partial charge in [0.1, 0.15) is 5.82 Å². The first-order chi connectivity index (χ1) is 9.15. The van der Waals surface area contributed by atoms with Crippen LogP contribution in [0.4, 0.5) is 4.39 Å². The van der Waals surface area contributed by atoms with Crippen LogP contribution in [0.5, 0.6) is 0 Å². The predicted octanol–water partition coefficient (Wildman–Crippen LogP) is 3.30. The van der Waals surface area contributed by atoms with Gasteiger partial charge >= 0.3 is 0 Å². The quantitative estimate of drug-likeness (QED) is 0.892. The summed E-state index contributed by atoms with van der Waals surface area (Å²) in [7, 11) is 2.04. The molecule has 1 aliphatic rings. The van der Waals surface area contributed by atoms with Crippen molar-refractivity contribution in [1.29, 1.82) is 0 Å². The number of piperidine rings is 1. The molecule has 0 aromatic heterocycles. The average Bonchev–Trinajstić information content (AvgIpc) is 2.42. The Labute approximate surface area is 119 Å². The van der Waals surface area contributed by atoms with Crippen LogP contribution in [-0.2, 0) is 6.54 Å². The van der Waals surface area contributed by atoms with Crippen molar-refractivity contribution < 1.29 is 4.39 Å². The second kappa shape index (κ2) is 7.22. The van der Waals surface area contributed by atoms with Gasteiger partial charge in [-0.25, -0.2) is 4.39 Å². The van der Waals surface area contributed by atoms with Gasteiger partial charge in [0.2, 0.25) is 0 Å². The van der Waals surface area contributed by atoms with E-state index in [-0.39, 0.29) is 5.82 Å². The normalized spacial score (nSPS) is 17.1. The molecule has 1 fully saturated rings. The summed E-state index contributed by atoms with van der Waals surface area (Å²) in [5.41, 5.74) is 0.681. The van der Waals surface area contributed by atoms with Crippen molar-refractivity contribution in [3.8, 4) is 0 Å². The van der Waals surface area contributed by atoms with E-state index in [1.54, 1.807) is 12.1 Å². The summed E-state index contributed by atoms with van der Waals surface area (Å²) < 4.78 is 13.6. The summed E-state index contributed by atoms with van der Waals surface area (Å²) in [4.78, 5) is 2.18. The van der Waals surface area contributed by atoms with E-state index in [9.17, 15) is 4.39 Å². The van der Waals surface area contributed by atoms with Crippen LogP contribution in [0.2, 0.25) is 5.02 Å². The molecule has 0 bridgehead atoms. The highest BCUT2D eigenvalue weighted by Gasteiger charge is 2.14. The molecule has 0 radical (unpaired) electrons. The standard InChI is InChI=1S/C15H22ClFN2/c1-19(9-6-12-4-7-18-8-5-12)11-13-10-14(16)2-3-15(13)17/h2-3,10,12,18H,4-9,11H2,1H3. The highest BCUT2D eigenvalue weighted by atomic mass is 35.5. The van der Waals surface area contributed by atoms with E-state index in [2.05, 4.69) is 10.2 Å². The number of benzene rings is 1. The molecular weight excluding hydrogens is 263 g/mol. The Bertz CT molecular complexity index is 405. The Morgan fingerprint density at radius 2 is 2.11 bits per heavy atom. The largest absolute Gasteiger partial charge is 0.317 e. The summed E-state index contributed by atoms with van der Waals surface area (Å²) in [6.07, 6.45) is 3.72. The summed E-state index contributed by atoms with van der Waals surface area (Å²) in [6.45, 7) is 3.91. The van der Waals surface area contributed by atoms with Gasteiger partial charge in [-0.15, -0.1) is 0 Å². The average molecular weight is 285 g/mol. The van der Waals surface area contributed by atoms with Gasteiger partial charge in [0.25, 0.3) is 0 Å². The molecule has 106 valence electrons. The van der Waals surface area contributed by atoms with E-state index >= 15 is 0 Å². The van der Waals surface area contributed by atoms with Crippen LogP contribution in [0.1, 0.15) is 24.8 Å². The highest BCUT2D eigenvalue weighted by molar-refractivity contribution is 6.30. The number of rotatable bonds is 5. The molecular formula is C15H22ClFN2. The molecule has 0 saturated carbocycles. The van der Waals surface area contributed by atoms with Crippen molar-refractivity contribution in [2.45, 2.75) is 25.8 Å². The maximum atomic E-state index is 13.6. The van der Waals surface area contributed by atoms with Crippen LogP contribution in [0.15, 0.2) is 18.2 Å². The van der Waals surface area contributed by atoms with E-state index in [0.29, 0.717) is 17.1 Å². The second-order valence-corrected chi connectivity index (χ2v) is 5.89. The SMILES string of the molecule is CN(CCC1CCNCC1)Cc1cc(Cl)ccc1F. The van der Waals surface area contributed by atoms with Crippen molar-refractivity contribution >= 4 is 11.6 Å². The molecule has 1 saturated heterocycles. The maximum Gasteiger partial charge on any atom is 0.127 e. The molecule has 1 N–H and O–H groups in total. The fraction of sp³-hybridized carbons (Fsp3) is 0.600. The van der Waals surface area contributed by atoms with Gasteiger partial charge in [0, 0.05) is 17.1 Å². The van der Waals surface area contributed by atoms with E-state index in [0.717, 1.165) is 25.6 Å². The molecule has 2 nitrogen and oxygen atoms in total. The first-order valence-corrected chi connectivity index (χ1v) is 7.36. The number of nitrogens with one attached hydrogen (secondary N) is 1. The minimum absolute atomic E-state index is 0.168. The van der Waals surface area contributed by atoms with Gasteiger partial charge in [0.05, 0.1) is 0 Å². The van der Waals surface area contributed by atoms with Crippen molar-refractivity contribution in [3.63, 3.8) is 0 Å². The lowest BCUT2D eigenvalue weighted by molar-refractivity contribution is 0.263. The van der Waals surface area contributed by atoms with Crippen LogP contribution in [0, 0.1) is 11.7 Å². The van der Waals surface area contributed by atoms with Gasteiger partial charge in [-0.05, 0) is 70.1 Å². The highest BCUT2D eigenvalue weighted by Crippen LogP contribution is 2.19. The lowest BCUT2D eigenvalue weighted by Gasteiger charge is -2.25. The lowest BCUT2D eigenvalue weighted by atomic mass is 9.94.